The first-order valence-electron chi connectivity index (χ1n) is 14.3. The monoisotopic (exact) mass is 578 g/mol. The summed E-state index contributed by atoms with van der Waals surface area (Å²) < 4.78 is 43.3. The molecule has 41 heavy (non-hydrogen) atoms. The quantitative estimate of drug-likeness (QED) is 0.346. The second-order valence-electron chi connectivity index (χ2n) is 10.6. The molecule has 0 saturated carbocycles. The lowest BCUT2D eigenvalue weighted by Gasteiger charge is -2.47. The Morgan fingerprint density at radius 2 is 1.49 bits per heavy atom. The summed E-state index contributed by atoms with van der Waals surface area (Å²) in [5.41, 5.74) is 2.44. The molecule has 0 aromatic heterocycles. The first-order chi connectivity index (χ1) is 19.6. The molecule has 0 atom stereocenters. The molecule has 0 radical (unpaired) electrons. The van der Waals surface area contributed by atoms with Crippen LogP contribution >= 0.6 is 0 Å². The number of para-hydroxylation sites is 1. The summed E-state index contributed by atoms with van der Waals surface area (Å²) in [6.45, 7) is 10.5. The van der Waals surface area contributed by atoms with Crippen molar-refractivity contribution in [3.63, 3.8) is 0 Å². The van der Waals surface area contributed by atoms with E-state index >= 15 is 0 Å². The second-order valence-corrected chi connectivity index (χ2v) is 10.6. The zero-order valence-electron chi connectivity index (χ0n) is 23.9. The maximum absolute atomic E-state index is 13.0. The molecular weight excluding hydrogens is 537 g/mol. The number of hydrogen-bond donors (Lipinski definition) is 1. The van der Waals surface area contributed by atoms with E-state index in [1.54, 1.807) is 0 Å². The van der Waals surface area contributed by atoms with Gasteiger partial charge in [-0.2, -0.15) is 13.2 Å². The number of carbonyl (C=O) groups is 2. The predicted octanol–water partition coefficient (Wildman–Crippen LogP) is 6.42. The van der Waals surface area contributed by atoms with Crippen LogP contribution in [0.5, 0.6) is 11.5 Å². The average molecular weight is 579 g/mol. The van der Waals surface area contributed by atoms with Crippen LogP contribution in [-0.2, 0) is 11.3 Å². The fourth-order valence-electron chi connectivity index (χ4n) is 5.25. The van der Waals surface area contributed by atoms with Crippen LogP contribution in [0.25, 0.3) is 0 Å². The summed E-state index contributed by atoms with van der Waals surface area (Å²) in [5.74, 6) is -0.747. The van der Waals surface area contributed by atoms with E-state index in [1.807, 2.05) is 42.2 Å². The van der Waals surface area contributed by atoms with Crippen LogP contribution in [0.4, 0.5) is 13.2 Å². The van der Waals surface area contributed by atoms with Crippen molar-refractivity contribution in [1.29, 1.82) is 0 Å². The van der Waals surface area contributed by atoms with E-state index in [4.69, 9.17) is 19.4 Å². The van der Waals surface area contributed by atoms with Gasteiger partial charge in [0.1, 0.15) is 11.5 Å². The Labute approximate surface area is 240 Å². The lowest BCUT2D eigenvalue weighted by Crippen LogP contribution is -2.48. The predicted molar refractivity (Wildman–Crippen MR) is 150 cm³/mol. The van der Waals surface area contributed by atoms with Crippen LogP contribution in [0.15, 0.2) is 48.5 Å². The first-order valence-corrected chi connectivity index (χ1v) is 14.3. The Morgan fingerprint density at radius 3 is 2.05 bits per heavy atom. The summed E-state index contributed by atoms with van der Waals surface area (Å²) in [6, 6.07) is 16.1. The number of carboxylic acids is 1. The van der Waals surface area contributed by atoms with Gasteiger partial charge in [0, 0.05) is 30.8 Å². The Hall–Kier alpha value is -3.27. The van der Waals surface area contributed by atoms with E-state index < -0.39 is 12.1 Å². The summed E-state index contributed by atoms with van der Waals surface area (Å²) in [7, 11) is 0. The van der Waals surface area contributed by atoms with Crippen LogP contribution < -0.4 is 9.47 Å². The molecule has 2 saturated heterocycles. The van der Waals surface area contributed by atoms with Gasteiger partial charge in [-0.1, -0.05) is 31.5 Å². The molecule has 4 rings (SSSR count). The maximum atomic E-state index is 13.0. The number of unbranched alkanes of at least 4 members (excludes halogenated alkanes) is 1. The van der Waals surface area contributed by atoms with E-state index in [-0.39, 0.29) is 5.91 Å². The van der Waals surface area contributed by atoms with Gasteiger partial charge in [0.15, 0.2) is 0 Å². The molecule has 1 N–H and O–H groups in total. The van der Waals surface area contributed by atoms with Gasteiger partial charge in [0.2, 0.25) is 0 Å². The summed E-state index contributed by atoms with van der Waals surface area (Å²) in [4.78, 5) is 26.5. The van der Waals surface area contributed by atoms with E-state index in [0.717, 1.165) is 82.1 Å². The van der Waals surface area contributed by atoms with Crippen molar-refractivity contribution < 1.29 is 37.3 Å². The van der Waals surface area contributed by atoms with Crippen molar-refractivity contribution >= 4 is 11.9 Å². The largest absolute Gasteiger partial charge is 0.494 e. The van der Waals surface area contributed by atoms with Crippen LogP contribution in [0.2, 0.25) is 0 Å². The highest BCUT2D eigenvalue weighted by Gasteiger charge is 2.39. The molecule has 10 heteroatoms. The van der Waals surface area contributed by atoms with Gasteiger partial charge in [-0.25, -0.2) is 4.79 Å². The number of likely N-dealkylation sites (tertiary alicyclic amines) is 2. The molecule has 0 unspecified atom stereocenters. The number of carbonyl (C=O) groups excluding carboxylic acids is 1. The number of piperidine rings is 2. The lowest BCUT2D eigenvalue weighted by molar-refractivity contribution is -0.192. The van der Waals surface area contributed by atoms with Crippen molar-refractivity contribution in [2.75, 3.05) is 39.4 Å². The minimum absolute atomic E-state index is 0.153. The molecule has 2 aliphatic heterocycles. The third-order valence-electron chi connectivity index (χ3n) is 7.80. The molecule has 226 valence electrons. The number of ether oxygens (including phenoxy) is 2. The van der Waals surface area contributed by atoms with E-state index in [2.05, 4.69) is 30.0 Å². The third-order valence-corrected chi connectivity index (χ3v) is 7.80. The van der Waals surface area contributed by atoms with Crippen LogP contribution in [0.3, 0.4) is 0 Å². The summed E-state index contributed by atoms with van der Waals surface area (Å²) in [5, 5.41) is 7.12. The fourth-order valence-corrected chi connectivity index (χ4v) is 5.25. The smallest absolute Gasteiger partial charge is 0.490 e. The van der Waals surface area contributed by atoms with Crippen LogP contribution in [-0.4, -0.2) is 72.4 Å². The topological polar surface area (TPSA) is 79.3 Å². The maximum Gasteiger partial charge on any atom is 0.490 e. The van der Waals surface area contributed by atoms with E-state index in [0.29, 0.717) is 12.0 Å². The highest BCUT2D eigenvalue weighted by molar-refractivity contribution is 5.94. The minimum Gasteiger partial charge on any atom is -0.494 e. The number of hydrogen-bond acceptors (Lipinski definition) is 5. The molecular formula is C31H41F3N2O5. The van der Waals surface area contributed by atoms with Crippen molar-refractivity contribution in [2.24, 2.45) is 5.41 Å². The number of alkyl halides is 3. The molecule has 0 aliphatic carbocycles. The molecule has 0 bridgehead atoms. The van der Waals surface area contributed by atoms with Crippen LogP contribution in [0.1, 0.15) is 68.3 Å². The SMILES string of the molecule is CCCCOc1ccc(C(=O)N2CCC3(CCN(Cc4ccccc4OCC)CC3)CC2)cc1.O=C(O)C(F)(F)F. The summed E-state index contributed by atoms with van der Waals surface area (Å²) >= 11 is 0. The molecule has 1 amide bonds. The Balaban J connectivity index is 0.000000587. The van der Waals surface area contributed by atoms with Gasteiger partial charge >= 0.3 is 12.1 Å². The lowest BCUT2D eigenvalue weighted by atomic mass is 9.71. The Morgan fingerprint density at radius 1 is 0.902 bits per heavy atom. The number of benzene rings is 2. The van der Waals surface area contributed by atoms with Crippen molar-refractivity contribution in [3.05, 3.63) is 59.7 Å². The molecule has 2 aromatic carbocycles. The van der Waals surface area contributed by atoms with Gasteiger partial charge in [-0.05, 0) is 87.9 Å². The zero-order valence-corrected chi connectivity index (χ0v) is 23.9. The fraction of sp³-hybridized carbons (Fsp3) is 0.548. The van der Waals surface area contributed by atoms with Crippen molar-refractivity contribution in [2.45, 2.75) is 65.1 Å². The number of aliphatic carboxylic acids is 1. The zero-order chi connectivity index (χ0) is 29.9. The van der Waals surface area contributed by atoms with E-state index in [1.165, 1.54) is 18.4 Å². The third kappa shape index (κ3) is 9.66. The molecule has 1 spiro atoms. The normalized spacial score (nSPS) is 17.0. The van der Waals surface area contributed by atoms with Gasteiger partial charge in [-0.15, -0.1) is 0 Å². The van der Waals surface area contributed by atoms with Gasteiger partial charge in [-0.3, -0.25) is 9.69 Å². The molecule has 7 nitrogen and oxygen atoms in total. The number of rotatable bonds is 9. The molecule has 2 aliphatic rings. The van der Waals surface area contributed by atoms with Crippen molar-refractivity contribution in [3.8, 4) is 11.5 Å². The average Bonchev–Trinajstić information content (AvgIpc) is 2.96. The summed E-state index contributed by atoms with van der Waals surface area (Å²) in [6.07, 6.45) is 1.74. The van der Waals surface area contributed by atoms with E-state index in [9.17, 15) is 18.0 Å². The number of amides is 1. The molecule has 2 aromatic rings. The van der Waals surface area contributed by atoms with Crippen LogP contribution in [0, 0.1) is 5.41 Å². The van der Waals surface area contributed by atoms with Gasteiger partial charge in [0.05, 0.1) is 13.2 Å². The standard InChI is InChI=1S/C29H40N2O3.C2HF3O2/c1-3-5-22-34-26-12-10-24(11-13-26)28(32)31-20-16-29(17-21-31)14-18-30(19-15-29)23-25-8-6-7-9-27(25)33-4-2;3-2(4,5)1(6)7/h6-13H,3-5,14-23H2,1-2H3;(H,6,7). The highest BCUT2D eigenvalue weighted by Crippen LogP contribution is 2.42. The Bertz CT molecular complexity index is 1110. The van der Waals surface area contributed by atoms with Crippen molar-refractivity contribution in [1.82, 2.24) is 9.80 Å². The molecule has 2 fully saturated rings. The molecule has 2 heterocycles. The van der Waals surface area contributed by atoms with Gasteiger partial charge < -0.3 is 19.5 Å². The Kier molecular flexibility index (Phi) is 11.9. The van der Waals surface area contributed by atoms with Gasteiger partial charge in [0.25, 0.3) is 5.91 Å². The highest BCUT2D eigenvalue weighted by atomic mass is 19.4. The first kappa shape index (κ1) is 32.2. The number of carboxylic acid groups (broad SMARTS) is 1. The number of nitrogens with zero attached hydrogens (tertiary/aromatic N) is 2. The second kappa shape index (κ2) is 15.1. The number of halogens is 3. The minimum atomic E-state index is -5.08.